The van der Waals surface area contributed by atoms with E-state index >= 15 is 0 Å². The zero-order chi connectivity index (χ0) is 24.7. The maximum absolute atomic E-state index is 4.93. The Bertz CT molecular complexity index is 535. The molecule has 0 aliphatic heterocycles. The van der Waals surface area contributed by atoms with E-state index in [0.717, 1.165) is 0 Å². The van der Waals surface area contributed by atoms with Crippen molar-refractivity contribution in [2.45, 2.75) is 187 Å². The van der Waals surface area contributed by atoms with Gasteiger partial charge in [0.2, 0.25) is 0 Å². The monoisotopic (exact) mass is 474 g/mol. The highest BCUT2D eigenvalue weighted by Crippen LogP contribution is 2.30. The average molecular weight is 475 g/mol. The molecule has 200 valence electrons. The van der Waals surface area contributed by atoms with E-state index in [1.165, 1.54) is 154 Å². The van der Waals surface area contributed by atoms with Gasteiger partial charge in [-0.3, -0.25) is 0 Å². The molecule has 2 heteroatoms. The number of nitrogens with zero attached hydrogens (tertiary/aromatic N) is 2. The topological polar surface area (TPSA) is 17.8 Å². The molecule has 0 fully saturated rings. The highest BCUT2D eigenvalue weighted by atomic mass is 15.1. The van der Waals surface area contributed by atoms with E-state index in [9.17, 15) is 0 Å². The molecule has 0 spiro atoms. The van der Waals surface area contributed by atoms with Gasteiger partial charge in [-0.2, -0.15) is 0 Å². The van der Waals surface area contributed by atoms with Crippen molar-refractivity contribution >= 4 is 0 Å². The van der Waals surface area contributed by atoms with Crippen LogP contribution in [0.2, 0.25) is 0 Å². The molecule has 0 saturated carbocycles. The summed E-state index contributed by atoms with van der Waals surface area (Å²) in [6, 6.07) is 0.591. The molecule has 0 amide bonds. The third-order valence-electron chi connectivity index (χ3n) is 7.83. The van der Waals surface area contributed by atoms with Crippen LogP contribution in [0.25, 0.3) is 0 Å². The normalized spacial score (nSPS) is 13.4. The Labute approximate surface area is 215 Å². The number of rotatable bonds is 25. The second-order valence-corrected chi connectivity index (χ2v) is 11.1. The van der Waals surface area contributed by atoms with Crippen LogP contribution in [-0.4, -0.2) is 9.55 Å². The predicted octanol–water partition coefficient (Wildman–Crippen LogP) is 11.6. The van der Waals surface area contributed by atoms with Crippen LogP contribution in [-0.2, 0) is 0 Å². The second kappa shape index (κ2) is 22.7. The zero-order valence-electron chi connectivity index (χ0n) is 24.0. The highest BCUT2D eigenvalue weighted by Gasteiger charge is 2.19. The van der Waals surface area contributed by atoms with Crippen molar-refractivity contribution in [1.82, 2.24) is 9.55 Å². The van der Waals surface area contributed by atoms with E-state index in [2.05, 4.69) is 44.7 Å². The largest absolute Gasteiger partial charge is 0.332 e. The minimum Gasteiger partial charge on any atom is -0.332 e. The molecule has 0 aromatic carbocycles. The minimum absolute atomic E-state index is 0.591. The Balaban J connectivity index is 2.42. The summed E-state index contributed by atoms with van der Waals surface area (Å²) in [6.45, 7) is 9.33. The van der Waals surface area contributed by atoms with Crippen molar-refractivity contribution in [3.05, 3.63) is 18.2 Å². The molecule has 1 rings (SSSR count). The number of imidazole rings is 1. The van der Waals surface area contributed by atoms with Gasteiger partial charge in [0.15, 0.2) is 0 Å². The molecule has 34 heavy (non-hydrogen) atoms. The standard InChI is InChI=1S/C32H62N2/c1-5-8-11-13-15-16-17-18-19-21-24-27-31(26-23-20-14-12-9-6-2)32-33-28-29-34(32)30(4)25-22-10-7-3/h28-31H,5-27H2,1-4H3. The van der Waals surface area contributed by atoms with Crippen molar-refractivity contribution in [1.29, 1.82) is 0 Å². The smallest absolute Gasteiger partial charge is 0.111 e. The Morgan fingerprint density at radius 3 is 1.41 bits per heavy atom. The van der Waals surface area contributed by atoms with E-state index < -0.39 is 0 Å². The Hall–Kier alpha value is -0.790. The van der Waals surface area contributed by atoms with Gasteiger partial charge in [-0.25, -0.2) is 4.98 Å². The molecule has 2 nitrogen and oxygen atoms in total. The molecular formula is C32H62N2. The molecule has 2 unspecified atom stereocenters. The van der Waals surface area contributed by atoms with Crippen molar-refractivity contribution < 1.29 is 0 Å². The van der Waals surface area contributed by atoms with Gasteiger partial charge >= 0.3 is 0 Å². The number of hydrogen-bond donors (Lipinski definition) is 0. The van der Waals surface area contributed by atoms with Gasteiger partial charge in [-0.15, -0.1) is 0 Å². The fourth-order valence-corrected chi connectivity index (χ4v) is 5.47. The fraction of sp³-hybridized carbons (Fsp3) is 0.906. The van der Waals surface area contributed by atoms with Crippen LogP contribution in [0.15, 0.2) is 12.4 Å². The van der Waals surface area contributed by atoms with Gasteiger partial charge in [-0.05, 0) is 26.2 Å². The molecular weight excluding hydrogens is 412 g/mol. The van der Waals surface area contributed by atoms with Crippen molar-refractivity contribution in [2.75, 3.05) is 0 Å². The van der Waals surface area contributed by atoms with E-state index in [1.807, 2.05) is 0 Å². The van der Waals surface area contributed by atoms with Gasteiger partial charge in [0, 0.05) is 24.4 Å². The molecule has 0 radical (unpaired) electrons. The molecule has 0 saturated heterocycles. The molecule has 0 N–H and O–H groups in total. The van der Waals surface area contributed by atoms with Gasteiger partial charge in [0.1, 0.15) is 5.82 Å². The molecule has 1 aromatic heterocycles. The SMILES string of the molecule is CCCCCCCCCCCCCC(CCCCCCCC)c1nccn1C(C)CCCCC. The molecule has 1 heterocycles. The lowest BCUT2D eigenvalue weighted by atomic mass is 9.93. The fourth-order valence-electron chi connectivity index (χ4n) is 5.47. The summed E-state index contributed by atoms with van der Waals surface area (Å²) in [7, 11) is 0. The number of hydrogen-bond acceptors (Lipinski definition) is 1. The van der Waals surface area contributed by atoms with E-state index in [-0.39, 0.29) is 0 Å². The third kappa shape index (κ3) is 15.3. The summed E-state index contributed by atoms with van der Waals surface area (Å²) >= 11 is 0. The molecule has 2 atom stereocenters. The highest BCUT2D eigenvalue weighted by molar-refractivity contribution is 5.02. The Morgan fingerprint density at radius 1 is 0.559 bits per heavy atom. The van der Waals surface area contributed by atoms with Crippen molar-refractivity contribution in [3.8, 4) is 0 Å². The summed E-state index contributed by atoms with van der Waals surface area (Å²) in [5, 5.41) is 0. The van der Waals surface area contributed by atoms with E-state index in [1.54, 1.807) is 0 Å². The summed E-state index contributed by atoms with van der Waals surface area (Å²) in [6.07, 6.45) is 36.4. The van der Waals surface area contributed by atoms with Crippen LogP contribution in [0.3, 0.4) is 0 Å². The Kier molecular flexibility index (Phi) is 20.8. The van der Waals surface area contributed by atoms with Gasteiger partial charge in [-0.1, -0.05) is 149 Å². The first-order valence-electron chi connectivity index (χ1n) is 15.8. The quantitative estimate of drug-likeness (QED) is 0.129. The van der Waals surface area contributed by atoms with Gasteiger partial charge in [0.25, 0.3) is 0 Å². The van der Waals surface area contributed by atoms with Crippen LogP contribution >= 0.6 is 0 Å². The molecule has 1 aromatic rings. The van der Waals surface area contributed by atoms with Crippen LogP contribution < -0.4 is 0 Å². The lowest BCUT2D eigenvalue weighted by Crippen LogP contribution is -2.13. The van der Waals surface area contributed by atoms with Crippen LogP contribution in [0.4, 0.5) is 0 Å². The Morgan fingerprint density at radius 2 is 0.941 bits per heavy atom. The third-order valence-corrected chi connectivity index (χ3v) is 7.83. The first kappa shape index (κ1) is 31.2. The molecule has 0 aliphatic rings. The van der Waals surface area contributed by atoms with E-state index in [0.29, 0.717) is 12.0 Å². The number of unbranched alkanes of at least 4 members (excludes halogenated alkanes) is 17. The van der Waals surface area contributed by atoms with Crippen molar-refractivity contribution in [2.24, 2.45) is 0 Å². The zero-order valence-corrected chi connectivity index (χ0v) is 24.0. The molecule has 0 aliphatic carbocycles. The minimum atomic E-state index is 0.591. The maximum atomic E-state index is 4.93. The summed E-state index contributed by atoms with van der Waals surface area (Å²) in [5.41, 5.74) is 0. The molecule has 0 bridgehead atoms. The predicted molar refractivity (Wildman–Crippen MR) is 153 cm³/mol. The van der Waals surface area contributed by atoms with E-state index in [4.69, 9.17) is 4.98 Å². The first-order valence-corrected chi connectivity index (χ1v) is 15.8. The summed E-state index contributed by atoms with van der Waals surface area (Å²) in [4.78, 5) is 4.93. The second-order valence-electron chi connectivity index (χ2n) is 11.1. The average Bonchev–Trinajstić information content (AvgIpc) is 3.33. The number of aromatic nitrogens is 2. The lowest BCUT2D eigenvalue weighted by molar-refractivity contribution is 0.415. The van der Waals surface area contributed by atoms with Crippen LogP contribution in [0.5, 0.6) is 0 Å². The summed E-state index contributed by atoms with van der Waals surface area (Å²) in [5.74, 6) is 2.05. The van der Waals surface area contributed by atoms with Crippen LogP contribution in [0, 0.1) is 0 Å². The summed E-state index contributed by atoms with van der Waals surface area (Å²) < 4.78 is 2.54. The van der Waals surface area contributed by atoms with Crippen molar-refractivity contribution in [3.63, 3.8) is 0 Å². The maximum Gasteiger partial charge on any atom is 0.111 e. The first-order chi connectivity index (χ1) is 16.7. The van der Waals surface area contributed by atoms with Gasteiger partial charge < -0.3 is 4.57 Å². The lowest BCUT2D eigenvalue weighted by Gasteiger charge is -2.22. The van der Waals surface area contributed by atoms with Crippen LogP contribution in [0.1, 0.15) is 193 Å². The van der Waals surface area contributed by atoms with Gasteiger partial charge in [0.05, 0.1) is 0 Å².